The Morgan fingerprint density at radius 1 is 1.40 bits per heavy atom. The average molecular weight is 247 g/mol. The second-order valence-corrected chi connectivity index (χ2v) is 4.05. The zero-order chi connectivity index (χ0) is 11.4. The van der Waals surface area contributed by atoms with Crippen molar-refractivity contribution in [2.24, 2.45) is 0 Å². The molecule has 0 radical (unpaired) electrons. The monoisotopic (exact) mass is 246 g/mol. The zero-order valence-electron chi connectivity index (χ0n) is 8.55. The first-order valence-corrected chi connectivity index (χ1v) is 5.09. The quantitative estimate of drug-likeness (QED) is 0.658. The Labute approximate surface area is 99.1 Å². The van der Waals surface area contributed by atoms with Crippen LogP contribution in [0.2, 0.25) is 10.0 Å². The number of nitrogens with one attached hydrogen (secondary N) is 1. The fourth-order valence-corrected chi connectivity index (χ4v) is 1.20. The van der Waals surface area contributed by atoms with Gasteiger partial charge in [-0.05, 0) is 12.1 Å². The van der Waals surface area contributed by atoms with Gasteiger partial charge in [-0.25, -0.2) is 0 Å². The first-order chi connectivity index (χ1) is 7.00. The van der Waals surface area contributed by atoms with Crippen molar-refractivity contribution in [3.63, 3.8) is 0 Å². The molecule has 1 rings (SSSR count). The minimum Gasteiger partial charge on any atom is -0.484 e. The van der Waals surface area contributed by atoms with E-state index in [2.05, 4.69) is 0 Å². The summed E-state index contributed by atoms with van der Waals surface area (Å²) in [5, 5.41) is 8.59. The number of amidine groups is 1. The molecule has 15 heavy (non-hydrogen) atoms. The van der Waals surface area contributed by atoms with E-state index in [1.165, 1.54) is 0 Å². The van der Waals surface area contributed by atoms with Gasteiger partial charge in [-0.1, -0.05) is 23.2 Å². The van der Waals surface area contributed by atoms with Crippen molar-refractivity contribution in [1.82, 2.24) is 4.90 Å². The summed E-state index contributed by atoms with van der Waals surface area (Å²) in [6.07, 6.45) is 0. The molecule has 0 atom stereocenters. The normalized spacial score (nSPS) is 9.87. The Morgan fingerprint density at radius 2 is 2.07 bits per heavy atom. The molecule has 0 amide bonds. The molecule has 0 saturated carbocycles. The third-order valence-corrected chi connectivity index (χ3v) is 2.34. The summed E-state index contributed by atoms with van der Waals surface area (Å²) in [6, 6.07) is 4.99. The number of halogens is 2. The highest BCUT2D eigenvalue weighted by Gasteiger charge is 2.05. The second-order valence-electron chi connectivity index (χ2n) is 3.20. The number of hydrogen-bond donors (Lipinski definition) is 1. The molecule has 1 N–H and O–H groups in total. The van der Waals surface area contributed by atoms with Gasteiger partial charge in [0.1, 0.15) is 18.2 Å². The van der Waals surface area contributed by atoms with Crippen molar-refractivity contribution in [2.45, 2.75) is 0 Å². The summed E-state index contributed by atoms with van der Waals surface area (Å²) < 4.78 is 5.36. The Hall–Kier alpha value is -0.930. The van der Waals surface area contributed by atoms with Crippen LogP contribution in [0.15, 0.2) is 18.2 Å². The van der Waals surface area contributed by atoms with Crippen LogP contribution < -0.4 is 4.74 Å². The maximum absolute atomic E-state index is 7.54. The third kappa shape index (κ3) is 3.61. The van der Waals surface area contributed by atoms with Crippen LogP contribution in [0, 0.1) is 5.41 Å². The highest BCUT2D eigenvalue weighted by molar-refractivity contribution is 6.34. The molecule has 0 unspecified atom stereocenters. The molecule has 0 saturated heterocycles. The zero-order valence-corrected chi connectivity index (χ0v) is 10.1. The summed E-state index contributed by atoms with van der Waals surface area (Å²) in [5.74, 6) is 0.863. The summed E-state index contributed by atoms with van der Waals surface area (Å²) in [6.45, 7) is 0.174. The standard InChI is InChI=1S/C10H12Cl2N2O/c1-14(2)10(13)6-15-9-5-7(11)3-4-8(9)12/h3-5,13H,6H2,1-2H3. The molecule has 1 aromatic carbocycles. The van der Waals surface area contributed by atoms with E-state index in [1.807, 2.05) is 0 Å². The van der Waals surface area contributed by atoms with E-state index in [0.29, 0.717) is 21.6 Å². The summed E-state index contributed by atoms with van der Waals surface area (Å²) in [7, 11) is 3.57. The molecule has 0 fully saturated rings. The Morgan fingerprint density at radius 3 is 2.67 bits per heavy atom. The number of ether oxygens (including phenoxy) is 1. The predicted molar refractivity (Wildman–Crippen MR) is 63.4 cm³/mol. The van der Waals surface area contributed by atoms with Crippen molar-refractivity contribution in [1.29, 1.82) is 5.41 Å². The molecule has 82 valence electrons. The van der Waals surface area contributed by atoms with Crippen LogP contribution in [-0.4, -0.2) is 31.4 Å². The number of hydrogen-bond acceptors (Lipinski definition) is 2. The van der Waals surface area contributed by atoms with Crippen LogP contribution in [-0.2, 0) is 0 Å². The van der Waals surface area contributed by atoms with Crippen LogP contribution in [0.25, 0.3) is 0 Å². The van der Waals surface area contributed by atoms with Crippen molar-refractivity contribution < 1.29 is 4.74 Å². The van der Waals surface area contributed by atoms with Crippen molar-refractivity contribution in [3.05, 3.63) is 28.2 Å². The molecule has 0 aliphatic carbocycles. The minimum absolute atomic E-state index is 0.174. The van der Waals surface area contributed by atoms with E-state index < -0.39 is 0 Å². The minimum atomic E-state index is 0.174. The maximum atomic E-state index is 7.54. The highest BCUT2D eigenvalue weighted by Crippen LogP contribution is 2.27. The number of likely N-dealkylation sites (N-methyl/N-ethyl adjacent to an activating group) is 1. The van der Waals surface area contributed by atoms with Gasteiger partial charge in [-0.2, -0.15) is 0 Å². The summed E-state index contributed by atoms with van der Waals surface area (Å²) in [5.41, 5.74) is 0. The lowest BCUT2D eigenvalue weighted by molar-refractivity contribution is 0.358. The first kappa shape index (κ1) is 12.1. The molecular weight excluding hydrogens is 235 g/mol. The molecule has 0 aromatic heterocycles. The second kappa shape index (κ2) is 5.24. The van der Waals surface area contributed by atoms with Crippen molar-refractivity contribution in [2.75, 3.05) is 20.7 Å². The maximum Gasteiger partial charge on any atom is 0.145 e. The van der Waals surface area contributed by atoms with Gasteiger partial charge in [-0.3, -0.25) is 5.41 Å². The molecule has 3 nitrogen and oxygen atoms in total. The fraction of sp³-hybridized carbons (Fsp3) is 0.300. The van der Waals surface area contributed by atoms with Crippen LogP contribution >= 0.6 is 23.2 Å². The van der Waals surface area contributed by atoms with E-state index in [9.17, 15) is 0 Å². The van der Waals surface area contributed by atoms with E-state index in [1.54, 1.807) is 37.2 Å². The molecule has 0 aliphatic rings. The van der Waals surface area contributed by atoms with Gasteiger partial charge in [-0.15, -0.1) is 0 Å². The number of nitrogens with zero attached hydrogens (tertiary/aromatic N) is 1. The van der Waals surface area contributed by atoms with E-state index in [4.69, 9.17) is 33.3 Å². The predicted octanol–water partition coefficient (Wildman–Crippen LogP) is 2.91. The van der Waals surface area contributed by atoms with Gasteiger partial charge in [0.25, 0.3) is 0 Å². The third-order valence-electron chi connectivity index (χ3n) is 1.80. The summed E-state index contributed by atoms with van der Waals surface area (Å²) in [4.78, 5) is 1.67. The lowest BCUT2D eigenvalue weighted by Crippen LogP contribution is -2.26. The lowest BCUT2D eigenvalue weighted by Gasteiger charge is -2.14. The molecule has 0 aliphatic heterocycles. The molecular formula is C10H12Cl2N2O. The smallest absolute Gasteiger partial charge is 0.145 e. The Balaban J connectivity index is 2.65. The fourth-order valence-electron chi connectivity index (χ4n) is 0.863. The highest BCUT2D eigenvalue weighted by atomic mass is 35.5. The van der Waals surface area contributed by atoms with Crippen LogP contribution in [0.1, 0.15) is 0 Å². The van der Waals surface area contributed by atoms with E-state index >= 15 is 0 Å². The van der Waals surface area contributed by atoms with Gasteiger partial charge in [0, 0.05) is 25.2 Å². The van der Waals surface area contributed by atoms with Gasteiger partial charge in [0.2, 0.25) is 0 Å². The molecule has 0 heterocycles. The van der Waals surface area contributed by atoms with Crippen molar-refractivity contribution in [3.8, 4) is 5.75 Å². The van der Waals surface area contributed by atoms with Gasteiger partial charge in [0.15, 0.2) is 0 Å². The van der Waals surface area contributed by atoms with Gasteiger partial charge in [0.05, 0.1) is 5.02 Å². The topological polar surface area (TPSA) is 36.3 Å². The van der Waals surface area contributed by atoms with Crippen LogP contribution in [0.4, 0.5) is 0 Å². The van der Waals surface area contributed by atoms with E-state index in [-0.39, 0.29) is 6.61 Å². The van der Waals surface area contributed by atoms with Crippen LogP contribution in [0.5, 0.6) is 5.75 Å². The Kier molecular flexibility index (Phi) is 4.24. The van der Waals surface area contributed by atoms with Crippen LogP contribution in [0.3, 0.4) is 0 Å². The number of rotatable bonds is 3. The molecule has 1 aromatic rings. The Bertz CT molecular complexity index is 366. The molecule has 5 heteroatoms. The summed E-state index contributed by atoms with van der Waals surface area (Å²) >= 11 is 11.7. The largest absolute Gasteiger partial charge is 0.484 e. The lowest BCUT2D eigenvalue weighted by atomic mass is 10.3. The molecule has 0 spiro atoms. The SMILES string of the molecule is CN(C)C(=N)COc1cc(Cl)ccc1Cl. The first-order valence-electron chi connectivity index (χ1n) is 4.33. The van der Waals surface area contributed by atoms with Gasteiger partial charge >= 0.3 is 0 Å². The van der Waals surface area contributed by atoms with Gasteiger partial charge < -0.3 is 9.64 Å². The number of benzene rings is 1. The van der Waals surface area contributed by atoms with E-state index in [0.717, 1.165) is 0 Å². The molecule has 0 bridgehead atoms. The van der Waals surface area contributed by atoms with Crippen molar-refractivity contribution >= 4 is 29.0 Å². The average Bonchev–Trinajstić information content (AvgIpc) is 2.18.